The van der Waals surface area contributed by atoms with Gasteiger partial charge in [-0.15, -0.1) is 0 Å². The molecule has 1 aliphatic rings. The number of nitrogens with one attached hydrogen (secondary N) is 2. The Kier molecular flexibility index (Phi) is 5.44. The van der Waals surface area contributed by atoms with Crippen LogP contribution in [0, 0.1) is 11.8 Å². The molecule has 2 aromatic carbocycles. The van der Waals surface area contributed by atoms with Crippen LogP contribution in [0.25, 0.3) is 0 Å². The van der Waals surface area contributed by atoms with Crippen LogP contribution in [-0.4, -0.2) is 20.9 Å². The van der Waals surface area contributed by atoms with Gasteiger partial charge < -0.3 is 5.32 Å². The van der Waals surface area contributed by atoms with Crippen molar-refractivity contribution < 1.29 is 13.2 Å². The Morgan fingerprint density at radius 3 is 2.27 bits per heavy atom. The van der Waals surface area contributed by atoms with E-state index in [-0.39, 0.29) is 16.8 Å². The Bertz CT molecular complexity index is 864. The van der Waals surface area contributed by atoms with Crippen LogP contribution in [0.3, 0.4) is 0 Å². The van der Waals surface area contributed by atoms with Crippen molar-refractivity contribution in [1.29, 1.82) is 0 Å². The van der Waals surface area contributed by atoms with Crippen molar-refractivity contribution in [2.45, 2.75) is 31.2 Å². The molecule has 1 fully saturated rings. The molecule has 1 saturated carbocycles. The Morgan fingerprint density at radius 2 is 1.73 bits per heavy atom. The van der Waals surface area contributed by atoms with Crippen LogP contribution in [0.5, 0.6) is 0 Å². The third-order valence-electron chi connectivity index (χ3n) is 4.81. The third-order valence-corrected chi connectivity index (χ3v) is 6.37. The Morgan fingerprint density at radius 1 is 1.12 bits per heavy atom. The first-order chi connectivity index (χ1) is 12.4. The maximum atomic E-state index is 12.7. The molecule has 3 atom stereocenters. The van der Waals surface area contributed by atoms with Crippen LogP contribution in [0.1, 0.15) is 42.2 Å². The fourth-order valence-electron chi connectivity index (χ4n) is 3.20. The number of carbonyl (C=O) groups excluding carboxylic acids is 1. The van der Waals surface area contributed by atoms with Gasteiger partial charge in [-0.3, -0.25) is 4.79 Å². The summed E-state index contributed by atoms with van der Waals surface area (Å²) in [7, 11) is -3.51. The van der Waals surface area contributed by atoms with Crippen molar-refractivity contribution in [3.8, 4) is 0 Å². The van der Waals surface area contributed by atoms with Gasteiger partial charge in [-0.25, -0.2) is 13.1 Å². The average Bonchev–Trinajstić information content (AvgIpc) is 3.36. The van der Waals surface area contributed by atoms with Crippen molar-refractivity contribution in [1.82, 2.24) is 10.0 Å². The number of carbonyl (C=O) groups is 1. The van der Waals surface area contributed by atoms with E-state index in [9.17, 15) is 13.2 Å². The molecular formula is C20H24N2O3S. The zero-order valence-corrected chi connectivity index (χ0v) is 15.8. The molecule has 6 heteroatoms. The van der Waals surface area contributed by atoms with Gasteiger partial charge in [0.2, 0.25) is 10.0 Å². The smallest absolute Gasteiger partial charge is 0.251 e. The molecule has 3 unspecified atom stereocenters. The van der Waals surface area contributed by atoms with Crippen molar-refractivity contribution in [3.05, 3.63) is 65.7 Å². The molecule has 0 bridgehead atoms. The molecule has 2 aromatic rings. The molecule has 1 amide bonds. The Hall–Kier alpha value is -2.18. The molecule has 0 radical (unpaired) electrons. The van der Waals surface area contributed by atoms with Crippen LogP contribution in [-0.2, 0) is 10.0 Å². The molecular weight excluding hydrogens is 348 g/mol. The van der Waals surface area contributed by atoms with Crippen LogP contribution >= 0.6 is 0 Å². The van der Waals surface area contributed by atoms with Crippen LogP contribution in [0.4, 0.5) is 0 Å². The summed E-state index contributed by atoms with van der Waals surface area (Å²) in [6, 6.07) is 16.0. The van der Waals surface area contributed by atoms with Crippen LogP contribution < -0.4 is 10.0 Å². The van der Waals surface area contributed by atoms with E-state index >= 15 is 0 Å². The van der Waals surface area contributed by atoms with E-state index in [0.717, 1.165) is 12.0 Å². The van der Waals surface area contributed by atoms with E-state index in [0.29, 0.717) is 23.9 Å². The van der Waals surface area contributed by atoms with Gasteiger partial charge in [0.05, 0.1) is 10.9 Å². The van der Waals surface area contributed by atoms with E-state index in [4.69, 9.17) is 0 Å². The molecule has 0 heterocycles. The second-order valence-electron chi connectivity index (χ2n) is 6.76. The summed E-state index contributed by atoms with van der Waals surface area (Å²) >= 11 is 0. The summed E-state index contributed by atoms with van der Waals surface area (Å²) in [5.41, 5.74) is 1.55. The van der Waals surface area contributed by atoms with E-state index in [1.165, 1.54) is 12.1 Å². The first-order valence-corrected chi connectivity index (χ1v) is 10.4. The highest BCUT2D eigenvalue weighted by molar-refractivity contribution is 7.89. The molecule has 1 aliphatic carbocycles. The number of hydrogen-bond donors (Lipinski definition) is 2. The number of hydrogen-bond acceptors (Lipinski definition) is 3. The van der Waals surface area contributed by atoms with E-state index in [2.05, 4.69) is 17.0 Å². The highest BCUT2D eigenvalue weighted by atomic mass is 32.2. The van der Waals surface area contributed by atoms with Gasteiger partial charge in [-0.2, -0.15) is 0 Å². The molecule has 2 N–H and O–H groups in total. The van der Waals surface area contributed by atoms with Crippen LogP contribution in [0.2, 0.25) is 0 Å². The van der Waals surface area contributed by atoms with Crippen molar-refractivity contribution in [2.75, 3.05) is 6.54 Å². The lowest BCUT2D eigenvalue weighted by molar-refractivity contribution is 0.0930. The summed E-state index contributed by atoms with van der Waals surface area (Å²) in [6.45, 7) is 4.23. The largest absolute Gasteiger partial charge is 0.345 e. The molecule has 0 saturated heterocycles. The van der Waals surface area contributed by atoms with E-state index in [1.807, 2.05) is 30.3 Å². The minimum absolute atomic E-state index is 0.0242. The van der Waals surface area contributed by atoms with Gasteiger partial charge >= 0.3 is 0 Å². The van der Waals surface area contributed by atoms with Gasteiger partial charge in [0, 0.05) is 12.1 Å². The second-order valence-corrected chi connectivity index (χ2v) is 8.53. The molecule has 3 rings (SSSR count). The number of rotatable bonds is 7. The lowest BCUT2D eigenvalue weighted by Gasteiger charge is -2.19. The summed E-state index contributed by atoms with van der Waals surface area (Å²) < 4.78 is 26.4. The predicted molar refractivity (Wildman–Crippen MR) is 101 cm³/mol. The van der Waals surface area contributed by atoms with Crippen LogP contribution in [0.15, 0.2) is 59.5 Å². The highest BCUT2D eigenvalue weighted by Crippen LogP contribution is 2.47. The minimum atomic E-state index is -3.51. The fourth-order valence-corrected chi connectivity index (χ4v) is 4.24. The molecule has 0 aliphatic heterocycles. The Labute approximate surface area is 154 Å². The molecule has 138 valence electrons. The SMILES string of the molecule is CCNS(=O)(=O)c1ccc(C(=O)NC(c2ccccc2)C2CC2C)cc1. The number of benzene rings is 2. The highest BCUT2D eigenvalue weighted by Gasteiger charge is 2.40. The van der Waals surface area contributed by atoms with Gasteiger partial charge in [0.25, 0.3) is 5.91 Å². The van der Waals surface area contributed by atoms with Gasteiger partial charge in [0.15, 0.2) is 0 Å². The van der Waals surface area contributed by atoms with Crippen molar-refractivity contribution in [2.24, 2.45) is 11.8 Å². The van der Waals surface area contributed by atoms with Gasteiger partial charge in [0.1, 0.15) is 0 Å². The van der Waals surface area contributed by atoms with Crippen molar-refractivity contribution >= 4 is 15.9 Å². The minimum Gasteiger partial charge on any atom is -0.345 e. The topological polar surface area (TPSA) is 75.3 Å². The maximum absolute atomic E-state index is 12.7. The zero-order chi connectivity index (χ0) is 18.7. The average molecular weight is 372 g/mol. The lowest BCUT2D eigenvalue weighted by atomic mass is 10.0. The molecule has 26 heavy (non-hydrogen) atoms. The van der Waals surface area contributed by atoms with E-state index in [1.54, 1.807) is 19.1 Å². The Balaban J connectivity index is 1.76. The predicted octanol–water partition coefficient (Wildman–Crippen LogP) is 3.11. The standard InChI is InChI=1S/C20H24N2O3S/c1-3-21-26(24,25)17-11-9-16(10-12-17)20(23)22-19(18-13-14(18)2)15-7-5-4-6-8-15/h4-12,14,18-19,21H,3,13H2,1-2H3,(H,22,23). The fraction of sp³-hybridized carbons (Fsp3) is 0.350. The van der Waals surface area contributed by atoms with Gasteiger partial charge in [-0.1, -0.05) is 44.2 Å². The number of amides is 1. The quantitative estimate of drug-likeness (QED) is 0.784. The zero-order valence-electron chi connectivity index (χ0n) is 15.0. The summed E-state index contributed by atoms with van der Waals surface area (Å²) in [5.74, 6) is 0.841. The third kappa shape index (κ3) is 4.14. The van der Waals surface area contributed by atoms with E-state index < -0.39 is 10.0 Å². The summed E-state index contributed by atoms with van der Waals surface area (Å²) in [4.78, 5) is 12.8. The summed E-state index contributed by atoms with van der Waals surface area (Å²) in [5, 5.41) is 3.12. The first-order valence-electron chi connectivity index (χ1n) is 8.88. The second kappa shape index (κ2) is 7.60. The molecule has 5 nitrogen and oxygen atoms in total. The monoisotopic (exact) mass is 372 g/mol. The first kappa shape index (κ1) is 18.6. The normalized spacial score (nSPS) is 20.4. The van der Waals surface area contributed by atoms with Crippen molar-refractivity contribution in [3.63, 3.8) is 0 Å². The maximum Gasteiger partial charge on any atom is 0.251 e. The number of sulfonamides is 1. The van der Waals surface area contributed by atoms with Gasteiger partial charge in [-0.05, 0) is 48.1 Å². The molecule has 0 spiro atoms. The molecule has 0 aromatic heterocycles. The lowest BCUT2D eigenvalue weighted by Crippen LogP contribution is -2.30. The summed E-state index contributed by atoms with van der Waals surface area (Å²) in [6.07, 6.45) is 1.10.